The summed E-state index contributed by atoms with van der Waals surface area (Å²) in [6, 6.07) is 7.28. The molecule has 0 saturated carbocycles. The summed E-state index contributed by atoms with van der Waals surface area (Å²) >= 11 is 0. The predicted molar refractivity (Wildman–Crippen MR) is 148 cm³/mol. The minimum atomic E-state index is -4.66. The molecule has 2 aromatic carbocycles. The van der Waals surface area contributed by atoms with E-state index in [1.165, 1.54) is 24.4 Å². The van der Waals surface area contributed by atoms with E-state index in [9.17, 15) is 18.0 Å². The van der Waals surface area contributed by atoms with Gasteiger partial charge in [-0.3, -0.25) is 19.4 Å². The third kappa shape index (κ3) is 6.23. The van der Waals surface area contributed by atoms with Crippen LogP contribution in [0.15, 0.2) is 42.7 Å². The van der Waals surface area contributed by atoms with Crippen molar-refractivity contribution >= 4 is 23.0 Å². The highest BCUT2D eigenvalue weighted by Crippen LogP contribution is 2.41. The molecular weight excluding hydrogens is 523 g/mol. The Labute approximate surface area is 231 Å². The van der Waals surface area contributed by atoms with Gasteiger partial charge < -0.3 is 15.8 Å². The van der Waals surface area contributed by atoms with Crippen molar-refractivity contribution < 1.29 is 22.7 Å². The molecular formula is C28H34F3N7O2. The number of likely N-dealkylation sites (tertiary alicyclic amines) is 1. The minimum absolute atomic E-state index is 0.0234. The SMILES string of the molecule is COc1c(CN2CCCC2)cc(NC(=O)c2ccc(C)c(N(N)/C=C(\N)c3cnn(C)c3C)c2)cc1C(F)(F)F. The summed E-state index contributed by atoms with van der Waals surface area (Å²) in [5.41, 5.74) is 9.12. The summed E-state index contributed by atoms with van der Waals surface area (Å²) < 4.78 is 48.8. The van der Waals surface area contributed by atoms with Crippen LogP contribution in [0.3, 0.4) is 0 Å². The largest absolute Gasteiger partial charge is 0.496 e. The Kier molecular flexibility index (Phi) is 8.40. The van der Waals surface area contributed by atoms with Crippen molar-refractivity contribution in [3.05, 3.63) is 76.2 Å². The second-order valence-electron chi connectivity index (χ2n) is 9.91. The third-order valence-corrected chi connectivity index (χ3v) is 7.10. The quantitative estimate of drug-likeness (QED) is 0.275. The van der Waals surface area contributed by atoms with Gasteiger partial charge in [0.1, 0.15) is 5.75 Å². The number of nitrogens with one attached hydrogen (secondary N) is 1. The average molecular weight is 558 g/mol. The van der Waals surface area contributed by atoms with Gasteiger partial charge in [-0.2, -0.15) is 18.3 Å². The number of hydrogen-bond acceptors (Lipinski definition) is 7. The van der Waals surface area contributed by atoms with E-state index in [1.807, 2.05) is 13.8 Å². The maximum atomic E-state index is 14.0. The molecule has 0 aliphatic carbocycles. The van der Waals surface area contributed by atoms with Crippen LogP contribution in [0.2, 0.25) is 0 Å². The average Bonchev–Trinajstić information content (AvgIpc) is 3.52. The lowest BCUT2D eigenvalue weighted by Crippen LogP contribution is -2.27. The van der Waals surface area contributed by atoms with E-state index in [4.69, 9.17) is 16.3 Å². The first-order chi connectivity index (χ1) is 18.9. The smallest absolute Gasteiger partial charge is 0.420 e. The van der Waals surface area contributed by atoms with E-state index in [0.29, 0.717) is 22.5 Å². The lowest BCUT2D eigenvalue weighted by molar-refractivity contribution is -0.138. The standard InChI is InChI=1S/C28H34F3N7O2/c1-17-7-8-19(12-25(17)38(33)16-24(32)22-14-34-36(3)18(22)2)27(39)35-21-11-20(15-37-9-5-6-10-37)26(40-4)23(13-21)28(29,30)31/h7-8,11-14,16H,5-6,9-10,15,32-33H2,1-4H3,(H,35,39)/b24-16-. The van der Waals surface area contributed by atoms with Crippen LogP contribution in [0.4, 0.5) is 24.5 Å². The molecule has 0 spiro atoms. The number of nitrogens with two attached hydrogens (primary N) is 2. The fourth-order valence-electron chi connectivity index (χ4n) is 4.81. The number of nitrogens with zero attached hydrogens (tertiary/aromatic N) is 4. The van der Waals surface area contributed by atoms with Crippen LogP contribution < -0.4 is 26.6 Å². The maximum absolute atomic E-state index is 14.0. The van der Waals surface area contributed by atoms with Crippen molar-refractivity contribution in [1.82, 2.24) is 14.7 Å². The van der Waals surface area contributed by atoms with Gasteiger partial charge in [-0.25, -0.2) is 5.84 Å². The molecule has 0 bridgehead atoms. The summed E-state index contributed by atoms with van der Waals surface area (Å²) in [5.74, 6) is 5.47. The van der Waals surface area contributed by atoms with Crippen LogP contribution in [0.1, 0.15) is 51.1 Å². The van der Waals surface area contributed by atoms with Crippen LogP contribution in [0.5, 0.6) is 5.75 Å². The number of alkyl halides is 3. The molecule has 1 aliphatic heterocycles. The number of halogens is 3. The Morgan fingerprint density at radius 2 is 1.90 bits per heavy atom. The zero-order chi connectivity index (χ0) is 29.2. The molecule has 12 heteroatoms. The van der Waals surface area contributed by atoms with Crippen molar-refractivity contribution in [1.29, 1.82) is 0 Å². The highest BCUT2D eigenvalue weighted by molar-refractivity contribution is 6.05. The molecule has 4 rings (SSSR count). The van der Waals surface area contributed by atoms with Gasteiger partial charge in [0.15, 0.2) is 0 Å². The van der Waals surface area contributed by atoms with Crippen molar-refractivity contribution in [2.75, 3.05) is 30.5 Å². The number of benzene rings is 2. The molecule has 9 nitrogen and oxygen atoms in total. The zero-order valence-electron chi connectivity index (χ0n) is 23.0. The summed E-state index contributed by atoms with van der Waals surface area (Å²) in [7, 11) is 3.02. The summed E-state index contributed by atoms with van der Waals surface area (Å²) in [6.45, 7) is 5.57. The van der Waals surface area contributed by atoms with Crippen molar-refractivity contribution in [3.63, 3.8) is 0 Å². The summed E-state index contributed by atoms with van der Waals surface area (Å²) in [4.78, 5) is 15.3. The molecule has 0 radical (unpaired) electrons. The van der Waals surface area contributed by atoms with Gasteiger partial charge in [0.2, 0.25) is 0 Å². The predicted octanol–water partition coefficient (Wildman–Crippen LogP) is 4.55. The topological polar surface area (TPSA) is 115 Å². The van der Waals surface area contributed by atoms with Gasteiger partial charge in [-0.05, 0) is 69.6 Å². The number of aromatic nitrogens is 2. The van der Waals surface area contributed by atoms with Crippen LogP contribution >= 0.6 is 0 Å². The first-order valence-corrected chi connectivity index (χ1v) is 12.8. The van der Waals surface area contributed by atoms with Crippen molar-refractivity contribution in [3.8, 4) is 5.75 Å². The zero-order valence-corrected chi connectivity index (χ0v) is 23.0. The fraction of sp³-hybridized carbons (Fsp3) is 0.357. The first kappa shape index (κ1) is 29.0. The van der Waals surface area contributed by atoms with Gasteiger partial charge in [-0.15, -0.1) is 0 Å². The van der Waals surface area contributed by atoms with Gasteiger partial charge >= 0.3 is 6.18 Å². The minimum Gasteiger partial charge on any atom is -0.496 e. The normalized spacial score (nSPS) is 14.4. The van der Waals surface area contributed by atoms with E-state index >= 15 is 0 Å². The molecule has 1 saturated heterocycles. The number of aryl methyl sites for hydroxylation is 2. The van der Waals surface area contributed by atoms with E-state index in [1.54, 1.807) is 36.1 Å². The van der Waals surface area contributed by atoms with Crippen LogP contribution in [-0.2, 0) is 19.8 Å². The van der Waals surface area contributed by atoms with E-state index in [2.05, 4.69) is 15.3 Å². The number of hydrogen-bond donors (Lipinski definition) is 3. The van der Waals surface area contributed by atoms with E-state index < -0.39 is 17.6 Å². The van der Waals surface area contributed by atoms with Gasteiger partial charge in [0.25, 0.3) is 5.91 Å². The highest BCUT2D eigenvalue weighted by atomic mass is 19.4. The second-order valence-corrected chi connectivity index (χ2v) is 9.91. The van der Waals surface area contributed by atoms with Gasteiger partial charge in [0.05, 0.1) is 30.3 Å². The Morgan fingerprint density at radius 1 is 1.20 bits per heavy atom. The number of rotatable bonds is 8. The van der Waals surface area contributed by atoms with Gasteiger partial charge in [-0.1, -0.05) is 6.07 Å². The molecule has 1 amide bonds. The molecule has 3 aromatic rings. The third-order valence-electron chi connectivity index (χ3n) is 7.10. The Balaban J connectivity index is 1.62. The van der Waals surface area contributed by atoms with Gasteiger partial charge in [0, 0.05) is 47.9 Å². The number of hydrazine groups is 1. The lowest BCUT2D eigenvalue weighted by Gasteiger charge is -2.22. The van der Waals surface area contributed by atoms with Crippen LogP contribution in [0, 0.1) is 13.8 Å². The molecule has 40 heavy (non-hydrogen) atoms. The molecule has 2 heterocycles. The lowest BCUT2D eigenvalue weighted by atomic mass is 10.0. The Bertz CT molecular complexity index is 1430. The molecule has 5 N–H and O–H groups in total. The molecule has 0 unspecified atom stereocenters. The fourth-order valence-corrected chi connectivity index (χ4v) is 4.81. The second kappa shape index (κ2) is 11.6. The Hall–Kier alpha value is -4.03. The number of ether oxygens (including phenoxy) is 1. The maximum Gasteiger partial charge on any atom is 0.420 e. The number of carbonyl (C=O) groups excluding carboxylic acids is 1. The Morgan fingerprint density at radius 3 is 2.50 bits per heavy atom. The van der Waals surface area contributed by atoms with Crippen LogP contribution in [-0.4, -0.2) is 40.8 Å². The van der Waals surface area contributed by atoms with Crippen molar-refractivity contribution in [2.45, 2.75) is 39.4 Å². The summed E-state index contributed by atoms with van der Waals surface area (Å²) in [5, 5.41) is 8.11. The molecule has 0 atom stereocenters. The molecule has 1 aromatic heterocycles. The number of methoxy groups -OCH3 is 1. The number of amides is 1. The first-order valence-electron chi connectivity index (χ1n) is 12.8. The van der Waals surface area contributed by atoms with E-state index in [-0.39, 0.29) is 23.5 Å². The molecule has 1 fully saturated rings. The molecule has 214 valence electrons. The van der Waals surface area contributed by atoms with Crippen molar-refractivity contribution in [2.24, 2.45) is 18.6 Å². The monoisotopic (exact) mass is 557 g/mol. The van der Waals surface area contributed by atoms with E-state index in [0.717, 1.165) is 43.3 Å². The molecule has 1 aliphatic rings. The highest BCUT2D eigenvalue weighted by Gasteiger charge is 2.36. The summed E-state index contributed by atoms with van der Waals surface area (Å²) in [6.07, 6.45) is 0.469. The number of anilines is 2. The number of carbonyl (C=O) groups is 1. The van der Waals surface area contributed by atoms with Crippen LogP contribution in [0.25, 0.3) is 5.70 Å².